The van der Waals surface area contributed by atoms with Crippen molar-refractivity contribution >= 4 is 15.7 Å². The Kier molecular flexibility index (Phi) is 6.53. The van der Waals surface area contributed by atoms with E-state index in [1.807, 2.05) is 0 Å². The molecule has 3 fully saturated rings. The van der Waals surface area contributed by atoms with Gasteiger partial charge in [-0.2, -0.15) is 4.31 Å². The molecule has 0 radical (unpaired) electrons. The smallest absolute Gasteiger partial charge is 0.276 e. The van der Waals surface area contributed by atoms with Gasteiger partial charge in [0.25, 0.3) is 10.0 Å². The number of benzene rings is 1. The molecular weight excluding hydrogens is 438 g/mol. The standard InChI is InChI=1S/C25H35N3O4S/c1-21-4-6-22(7-5-21)27-16-14-26(15-17-27)11-8-23-19-25(20-32-23)9-12-28(13-10-25)33(29,30)24-3-2-18-31-24/h2-7,18,23H,8-17,19-20H2,1H3. The van der Waals surface area contributed by atoms with Crippen molar-refractivity contribution in [2.24, 2.45) is 5.41 Å². The summed E-state index contributed by atoms with van der Waals surface area (Å²) in [6.07, 6.45) is 5.52. The molecule has 0 N–H and O–H groups in total. The minimum atomic E-state index is -3.51. The molecule has 7 nitrogen and oxygen atoms in total. The monoisotopic (exact) mass is 473 g/mol. The molecule has 1 aromatic heterocycles. The van der Waals surface area contributed by atoms with Gasteiger partial charge in [-0.25, -0.2) is 8.42 Å². The lowest BCUT2D eigenvalue weighted by Gasteiger charge is -2.37. The van der Waals surface area contributed by atoms with E-state index >= 15 is 0 Å². The topological polar surface area (TPSA) is 66.2 Å². The van der Waals surface area contributed by atoms with E-state index in [2.05, 4.69) is 41.0 Å². The zero-order chi connectivity index (χ0) is 22.9. The van der Waals surface area contributed by atoms with Gasteiger partial charge in [0.05, 0.1) is 19.0 Å². The number of hydrogen-bond donors (Lipinski definition) is 0. The largest absolute Gasteiger partial charge is 0.452 e. The molecular formula is C25H35N3O4S. The van der Waals surface area contributed by atoms with E-state index in [1.54, 1.807) is 10.4 Å². The summed E-state index contributed by atoms with van der Waals surface area (Å²) in [5.74, 6) is 0. The van der Waals surface area contributed by atoms with Crippen LogP contribution in [0.25, 0.3) is 0 Å². The highest BCUT2D eigenvalue weighted by atomic mass is 32.2. The van der Waals surface area contributed by atoms with Crippen LogP contribution in [0.2, 0.25) is 0 Å². The number of anilines is 1. The summed E-state index contributed by atoms with van der Waals surface area (Å²) in [5, 5.41) is 0.0430. The Morgan fingerprint density at radius 1 is 1.00 bits per heavy atom. The zero-order valence-electron chi connectivity index (χ0n) is 19.5. The molecule has 0 aliphatic carbocycles. The Morgan fingerprint density at radius 2 is 1.73 bits per heavy atom. The van der Waals surface area contributed by atoms with Crippen LogP contribution in [-0.4, -0.2) is 76.1 Å². The third kappa shape index (κ3) is 4.99. The summed E-state index contributed by atoms with van der Waals surface area (Å²) in [5.41, 5.74) is 2.75. The lowest BCUT2D eigenvalue weighted by Crippen LogP contribution is -2.47. The average molecular weight is 474 g/mol. The molecule has 4 heterocycles. The molecule has 1 spiro atoms. The zero-order valence-corrected chi connectivity index (χ0v) is 20.3. The number of hydrogen-bond acceptors (Lipinski definition) is 6. The first-order valence-corrected chi connectivity index (χ1v) is 13.6. The molecule has 1 unspecified atom stereocenters. The maximum absolute atomic E-state index is 12.7. The predicted molar refractivity (Wildman–Crippen MR) is 128 cm³/mol. The fraction of sp³-hybridized carbons (Fsp3) is 0.600. The fourth-order valence-corrected chi connectivity index (χ4v) is 6.82. The van der Waals surface area contributed by atoms with Gasteiger partial charge in [-0.1, -0.05) is 17.7 Å². The van der Waals surface area contributed by atoms with Crippen LogP contribution in [0.1, 0.15) is 31.2 Å². The van der Waals surface area contributed by atoms with E-state index in [1.165, 1.54) is 23.6 Å². The van der Waals surface area contributed by atoms with Crippen LogP contribution < -0.4 is 4.90 Å². The first-order valence-electron chi connectivity index (χ1n) is 12.1. The fourth-order valence-electron chi connectivity index (χ4n) is 5.48. The van der Waals surface area contributed by atoms with Gasteiger partial charge in [-0.3, -0.25) is 4.90 Å². The Morgan fingerprint density at radius 3 is 2.39 bits per heavy atom. The van der Waals surface area contributed by atoms with Gasteiger partial charge in [0.15, 0.2) is 0 Å². The van der Waals surface area contributed by atoms with Gasteiger partial charge in [0.1, 0.15) is 0 Å². The minimum Gasteiger partial charge on any atom is -0.452 e. The van der Waals surface area contributed by atoms with Crippen LogP contribution >= 0.6 is 0 Å². The highest BCUT2D eigenvalue weighted by Gasteiger charge is 2.44. The van der Waals surface area contributed by atoms with Gasteiger partial charge in [0.2, 0.25) is 5.09 Å². The summed E-state index contributed by atoms with van der Waals surface area (Å²) < 4.78 is 38.4. The lowest BCUT2D eigenvalue weighted by atomic mass is 9.77. The number of rotatable bonds is 6. The first-order chi connectivity index (χ1) is 15.9. The third-order valence-corrected chi connectivity index (χ3v) is 9.48. The molecule has 2 aromatic rings. The normalized spacial score (nSPS) is 24.5. The number of sulfonamides is 1. The number of furan rings is 1. The van der Waals surface area contributed by atoms with Gasteiger partial charge in [-0.15, -0.1) is 0 Å². The van der Waals surface area contributed by atoms with Gasteiger partial charge in [0, 0.05) is 51.5 Å². The molecule has 3 saturated heterocycles. The summed E-state index contributed by atoms with van der Waals surface area (Å²) in [7, 11) is -3.51. The molecule has 8 heteroatoms. The van der Waals surface area contributed by atoms with Crippen molar-refractivity contribution in [3.8, 4) is 0 Å². The third-order valence-electron chi connectivity index (χ3n) is 7.70. The molecule has 3 aliphatic heterocycles. The van der Waals surface area contributed by atoms with Crippen molar-refractivity contribution in [3.05, 3.63) is 48.2 Å². The van der Waals surface area contributed by atoms with Crippen LogP contribution in [0.4, 0.5) is 5.69 Å². The van der Waals surface area contributed by atoms with Crippen LogP contribution in [0.5, 0.6) is 0 Å². The maximum atomic E-state index is 12.7. The molecule has 33 heavy (non-hydrogen) atoms. The quantitative estimate of drug-likeness (QED) is 0.641. The van der Waals surface area contributed by atoms with E-state index in [0.717, 1.165) is 65.0 Å². The summed E-state index contributed by atoms with van der Waals surface area (Å²) in [4.78, 5) is 5.03. The van der Waals surface area contributed by atoms with Gasteiger partial charge in [-0.05, 0) is 62.3 Å². The second-order valence-corrected chi connectivity index (χ2v) is 11.8. The molecule has 0 amide bonds. The van der Waals surface area contributed by atoms with Crippen molar-refractivity contribution < 1.29 is 17.6 Å². The first kappa shape index (κ1) is 22.9. The SMILES string of the molecule is Cc1ccc(N2CCN(CCC3CC4(CCN(S(=O)(=O)c5ccco5)CC4)CO3)CC2)cc1. The number of piperidine rings is 1. The Bertz CT molecular complexity index is 1010. The number of nitrogens with zero attached hydrogens (tertiary/aromatic N) is 3. The van der Waals surface area contributed by atoms with Crippen molar-refractivity contribution in [2.75, 3.05) is 57.3 Å². The number of piperazine rings is 1. The van der Waals surface area contributed by atoms with Gasteiger partial charge >= 0.3 is 0 Å². The summed E-state index contributed by atoms with van der Waals surface area (Å²) in [6.45, 7) is 9.35. The Labute approximate surface area is 197 Å². The van der Waals surface area contributed by atoms with Crippen molar-refractivity contribution in [3.63, 3.8) is 0 Å². The highest BCUT2D eigenvalue weighted by molar-refractivity contribution is 7.89. The van der Waals surface area contributed by atoms with E-state index < -0.39 is 10.0 Å². The second kappa shape index (κ2) is 9.41. The summed E-state index contributed by atoms with van der Waals surface area (Å²) >= 11 is 0. The maximum Gasteiger partial charge on any atom is 0.276 e. The van der Waals surface area contributed by atoms with Crippen molar-refractivity contribution in [2.45, 2.75) is 43.8 Å². The van der Waals surface area contributed by atoms with E-state index in [-0.39, 0.29) is 16.6 Å². The molecule has 3 aliphatic rings. The average Bonchev–Trinajstić information content (AvgIpc) is 3.51. The summed E-state index contributed by atoms with van der Waals surface area (Å²) in [6, 6.07) is 12.0. The van der Waals surface area contributed by atoms with Crippen LogP contribution in [0.15, 0.2) is 52.2 Å². The molecule has 0 saturated carbocycles. The Balaban J connectivity index is 1.06. The van der Waals surface area contributed by atoms with Crippen LogP contribution in [-0.2, 0) is 14.8 Å². The Hall–Kier alpha value is -1.87. The molecule has 5 rings (SSSR count). The van der Waals surface area contributed by atoms with Gasteiger partial charge < -0.3 is 14.1 Å². The van der Waals surface area contributed by atoms with Crippen LogP contribution in [0.3, 0.4) is 0 Å². The number of ether oxygens (including phenoxy) is 1. The molecule has 0 bridgehead atoms. The molecule has 180 valence electrons. The molecule has 1 aromatic carbocycles. The highest BCUT2D eigenvalue weighted by Crippen LogP contribution is 2.43. The van der Waals surface area contributed by atoms with E-state index in [4.69, 9.17) is 9.15 Å². The minimum absolute atomic E-state index is 0.0430. The van der Waals surface area contributed by atoms with Crippen molar-refractivity contribution in [1.82, 2.24) is 9.21 Å². The predicted octanol–water partition coefficient (Wildman–Crippen LogP) is 3.36. The van der Waals surface area contributed by atoms with E-state index in [0.29, 0.717) is 13.1 Å². The van der Waals surface area contributed by atoms with Crippen molar-refractivity contribution in [1.29, 1.82) is 0 Å². The van der Waals surface area contributed by atoms with Crippen LogP contribution in [0, 0.1) is 12.3 Å². The second-order valence-electron chi connectivity index (χ2n) is 9.93. The van der Waals surface area contributed by atoms with E-state index in [9.17, 15) is 8.42 Å². The lowest BCUT2D eigenvalue weighted by molar-refractivity contribution is 0.0691. The number of aryl methyl sites for hydroxylation is 1. The molecule has 1 atom stereocenters.